The predicted molar refractivity (Wildman–Crippen MR) is 60.5 cm³/mol. The smallest absolute Gasteiger partial charge is 0.308 e. The summed E-state index contributed by atoms with van der Waals surface area (Å²) in [4.78, 5) is 24.6. The number of likely N-dealkylation sites (tertiary alicyclic amines) is 1. The highest BCUT2D eigenvalue weighted by molar-refractivity contribution is 5.78. The Hall–Kier alpha value is -1.10. The van der Waals surface area contributed by atoms with E-state index in [9.17, 15) is 9.59 Å². The molecule has 2 rings (SSSR count). The van der Waals surface area contributed by atoms with Crippen LogP contribution in [0.5, 0.6) is 0 Å². The van der Waals surface area contributed by atoms with E-state index in [-0.39, 0.29) is 12.0 Å². The molecule has 2 fully saturated rings. The zero-order valence-corrected chi connectivity index (χ0v) is 9.93. The molecule has 5 heteroatoms. The summed E-state index contributed by atoms with van der Waals surface area (Å²) >= 11 is 0. The number of carboxylic acid groups (broad SMARTS) is 1. The molecule has 0 spiro atoms. The van der Waals surface area contributed by atoms with Crippen molar-refractivity contribution in [3.8, 4) is 0 Å². The Kier molecular flexibility index (Phi) is 3.99. The Bertz CT molecular complexity index is 299. The van der Waals surface area contributed by atoms with Crippen molar-refractivity contribution in [3.05, 3.63) is 0 Å². The number of carboxylic acids is 1. The Labute approximate surface area is 101 Å². The van der Waals surface area contributed by atoms with Crippen molar-refractivity contribution >= 4 is 11.9 Å². The molecule has 5 nitrogen and oxygen atoms in total. The molecule has 1 N–H and O–H groups in total. The topological polar surface area (TPSA) is 66.8 Å². The number of nitrogens with zero attached hydrogens (tertiary/aromatic N) is 1. The number of amides is 1. The standard InChI is InChI=1S/C12H19NO4/c14-11(7-10-4-2-6-17-10)13-5-1-3-9(8-13)12(15)16/h9-10H,1-8H2,(H,15,16)/t9-,10+/m0/s1. The minimum absolute atomic E-state index is 0.0443. The van der Waals surface area contributed by atoms with E-state index in [1.807, 2.05) is 0 Å². The van der Waals surface area contributed by atoms with E-state index in [1.54, 1.807) is 4.90 Å². The van der Waals surface area contributed by atoms with E-state index in [2.05, 4.69) is 0 Å². The van der Waals surface area contributed by atoms with E-state index >= 15 is 0 Å². The average molecular weight is 241 g/mol. The van der Waals surface area contributed by atoms with Gasteiger partial charge in [0.2, 0.25) is 5.91 Å². The van der Waals surface area contributed by atoms with Crippen LogP contribution in [0.25, 0.3) is 0 Å². The van der Waals surface area contributed by atoms with Gasteiger partial charge in [0.15, 0.2) is 0 Å². The number of piperidine rings is 1. The van der Waals surface area contributed by atoms with E-state index in [1.165, 1.54) is 0 Å². The summed E-state index contributed by atoms with van der Waals surface area (Å²) in [5, 5.41) is 8.96. The second-order valence-corrected chi connectivity index (χ2v) is 4.86. The number of aliphatic carboxylic acids is 1. The maximum absolute atomic E-state index is 12.0. The van der Waals surface area contributed by atoms with Gasteiger partial charge in [-0.2, -0.15) is 0 Å². The van der Waals surface area contributed by atoms with Crippen molar-refractivity contribution in [1.82, 2.24) is 4.90 Å². The van der Waals surface area contributed by atoms with Gasteiger partial charge in [-0.05, 0) is 25.7 Å². The monoisotopic (exact) mass is 241 g/mol. The van der Waals surface area contributed by atoms with E-state index in [0.717, 1.165) is 25.9 Å². The summed E-state index contributed by atoms with van der Waals surface area (Å²) in [6.07, 6.45) is 3.89. The lowest BCUT2D eigenvalue weighted by Gasteiger charge is -2.31. The Balaban J connectivity index is 1.83. The molecule has 0 aromatic rings. The molecule has 0 aromatic carbocycles. The summed E-state index contributed by atoms with van der Waals surface area (Å²) in [6, 6.07) is 0. The molecule has 2 aliphatic heterocycles. The molecule has 2 atom stereocenters. The highest BCUT2D eigenvalue weighted by atomic mass is 16.5. The lowest BCUT2D eigenvalue weighted by atomic mass is 9.98. The van der Waals surface area contributed by atoms with Crippen LogP contribution in [0.1, 0.15) is 32.1 Å². The lowest BCUT2D eigenvalue weighted by molar-refractivity contribution is -0.146. The van der Waals surface area contributed by atoms with Gasteiger partial charge in [0.05, 0.1) is 18.4 Å². The minimum atomic E-state index is -0.792. The van der Waals surface area contributed by atoms with Crippen LogP contribution in [0, 0.1) is 5.92 Å². The summed E-state index contributed by atoms with van der Waals surface area (Å²) < 4.78 is 5.42. The van der Waals surface area contributed by atoms with Gasteiger partial charge in [0.1, 0.15) is 0 Å². The number of carbonyl (C=O) groups excluding carboxylic acids is 1. The molecule has 0 bridgehead atoms. The Morgan fingerprint density at radius 1 is 1.29 bits per heavy atom. The van der Waals surface area contributed by atoms with Crippen LogP contribution < -0.4 is 0 Å². The fourth-order valence-electron chi connectivity index (χ4n) is 2.53. The summed E-state index contributed by atoms with van der Waals surface area (Å²) in [5.41, 5.74) is 0. The molecule has 1 amide bonds. The van der Waals surface area contributed by atoms with Crippen LogP contribution in [0.4, 0.5) is 0 Å². The molecule has 0 saturated carbocycles. The molecule has 2 saturated heterocycles. The third-order valence-corrected chi connectivity index (χ3v) is 3.55. The van der Waals surface area contributed by atoms with Crippen LogP contribution in [-0.4, -0.2) is 47.7 Å². The second kappa shape index (κ2) is 5.49. The van der Waals surface area contributed by atoms with Gasteiger partial charge >= 0.3 is 5.97 Å². The number of ether oxygens (including phenoxy) is 1. The Morgan fingerprint density at radius 2 is 2.12 bits per heavy atom. The molecular formula is C12H19NO4. The summed E-state index contributed by atoms with van der Waals surface area (Å²) in [7, 11) is 0. The van der Waals surface area contributed by atoms with Gasteiger partial charge in [-0.15, -0.1) is 0 Å². The minimum Gasteiger partial charge on any atom is -0.481 e. The van der Waals surface area contributed by atoms with E-state index in [0.29, 0.717) is 25.9 Å². The molecular weight excluding hydrogens is 222 g/mol. The van der Waals surface area contributed by atoms with Crippen LogP contribution in [-0.2, 0) is 14.3 Å². The van der Waals surface area contributed by atoms with Gasteiger partial charge in [-0.1, -0.05) is 0 Å². The Morgan fingerprint density at radius 3 is 2.76 bits per heavy atom. The summed E-state index contributed by atoms with van der Waals surface area (Å²) in [5.74, 6) is -1.14. The fourth-order valence-corrected chi connectivity index (χ4v) is 2.53. The highest BCUT2D eigenvalue weighted by Crippen LogP contribution is 2.20. The average Bonchev–Trinajstić information content (AvgIpc) is 2.82. The third kappa shape index (κ3) is 3.19. The van der Waals surface area contributed by atoms with Crippen LogP contribution >= 0.6 is 0 Å². The first-order valence-corrected chi connectivity index (χ1v) is 6.29. The molecule has 0 unspecified atom stereocenters. The molecule has 2 heterocycles. The molecule has 0 aliphatic carbocycles. The SMILES string of the molecule is O=C(O)[C@H]1CCCN(C(=O)C[C@H]2CCCO2)C1. The number of carbonyl (C=O) groups is 2. The van der Waals surface area contributed by atoms with Crippen LogP contribution in [0.3, 0.4) is 0 Å². The van der Waals surface area contributed by atoms with Gasteiger partial charge in [-0.25, -0.2) is 0 Å². The van der Waals surface area contributed by atoms with Crippen molar-refractivity contribution in [2.75, 3.05) is 19.7 Å². The normalized spacial score (nSPS) is 29.3. The first-order valence-electron chi connectivity index (χ1n) is 6.29. The maximum Gasteiger partial charge on any atom is 0.308 e. The van der Waals surface area contributed by atoms with Crippen molar-refractivity contribution < 1.29 is 19.4 Å². The number of hydrogen-bond acceptors (Lipinski definition) is 3. The second-order valence-electron chi connectivity index (χ2n) is 4.86. The van der Waals surface area contributed by atoms with Crippen molar-refractivity contribution in [1.29, 1.82) is 0 Å². The van der Waals surface area contributed by atoms with Crippen molar-refractivity contribution in [3.63, 3.8) is 0 Å². The van der Waals surface area contributed by atoms with Crippen molar-refractivity contribution in [2.45, 2.75) is 38.2 Å². The van der Waals surface area contributed by atoms with Gasteiger partial charge < -0.3 is 14.7 Å². The van der Waals surface area contributed by atoms with Gasteiger partial charge in [0, 0.05) is 19.7 Å². The predicted octanol–water partition coefficient (Wildman–Crippen LogP) is 0.879. The third-order valence-electron chi connectivity index (χ3n) is 3.55. The summed E-state index contributed by atoms with van der Waals surface area (Å²) in [6.45, 7) is 1.80. The van der Waals surface area contributed by atoms with E-state index < -0.39 is 11.9 Å². The zero-order valence-electron chi connectivity index (χ0n) is 9.93. The van der Waals surface area contributed by atoms with Crippen LogP contribution in [0.15, 0.2) is 0 Å². The van der Waals surface area contributed by atoms with E-state index in [4.69, 9.17) is 9.84 Å². The first kappa shape index (κ1) is 12.4. The number of rotatable bonds is 3. The zero-order chi connectivity index (χ0) is 12.3. The molecule has 0 radical (unpaired) electrons. The van der Waals surface area contributed by atoms with Crippen LogP contribution in [0.2, 0.25) is 0 Å². The quantitative estimate of drug-likeness (QED) is 0.796. The van der Waals surface area contributed by atoms with Gasteiger partial charge in [0.25, 0.3) is 0 Å². The lowest BCUT2D eigenvalue weighted by Crippen LogP contribution is -2.43. The fraction of sp³-hybridized carbons (Fsp3) is 0.833. The number of hydrogen-bond donors (Lipinski definition) is 1. The highest BCUT2D eigenvalue weighted by Gasteiger charge is 2.29. The van der Waals surface area contributed by atoms with Gasteiger partial charge in [-0.3, -0.25) is 9.59 Å². The molecule has 0 aromatic heterocycles. The molecule has 96 valence electrons. The van der Waals surface area contributed by atoms with Crippen molar-refractivity contribution in [2.24, 2.45) is 5.92 Å². The molecule has 17 heavy (non-hydrogen) atoms. The first-order chi connectivity index (χ1) is 8.16. The largest absolute Gasteiger partial charge is 0.481 e. The maximum atomic E-state index is 12.0. The molecule has 2 aliphatic rings.